The van der Waals surface area contributed by atoms with Crippen LogP contribution in [0.3, 0.4) is 0 Å². The molecule has 0 radical (unpaired) electrons. The summed E-state index contributed by atoms with van der Waals surface area (Å²) >= 11 is 0. The smallest absolute Gasteiger partial charge is 0.267 e. The van der Waals surface area contributed by atoms with Gasteiger partial charge in [0, 0.05) is 18.8 Å². The van der Waals surface area contributed by atoms with Gasteiger partial charge in [0.05, 0.1) is 11.4 Å². The minimum Gasteiger partial charge on any atom is -0.357 e. The van der Waals surface area contributed by atoms with Crippen LogP contribution >= 0.6 is 0 Å². The molecule has 6 nitrogen and oxygen atoms in total. The van der Waals surface area contributed by atoms with Crippen molar-refractivity contribution in [3.05, 3.63) is 72.3 Å². The van der Waals surface area contributed by atoms with Crippen molar-refractivity contribution in [1.29, 1.82) is 0 Å². The quantitative estimate of drug-likeness (QED) is 0.643. The van der Waals surface area contributed by atoms with Crippen LogP contribution in [0, 0.1) is 5.82 Å². The number of hydrogen-bond donors (Lipinski definition) is 3. The standard InChI is InChI=1S/C22H19FN4O2/c23-15-7-5-13(6-8-15)14-9-18(24-11-14)21(28)25-16-10-20-22(29)26-17-3-1-2-4-19(17)27(20)12-16/h1-9,11,16,20,24H,10,12H2,(H,25,28)(H,26,29). The third-order valence-corrected chi connectivity index (χ3v) is 5.52. The van der Waals surface area contributed by atoms with E-state index in [9.17, 15) is 14.0 Å². The van der Waals surface area contributed by atoms with Crippen LogP contribution in [-0.4, -0.2) is 35.4 Å². The molecule has 0 aliphatic carbocycles. The predicted octanol–water partition coefficient (Wildman–Crippen LogP) is 3.15. The van der Waals surface area contributed by atoms with E-state index in [0.29, 0.717) is 18.7 Å². The molecule has 2 aliphatic rings. The molecular formula is C22H19FN4O2. The Morgan fingerprint density at radius 2 is 1.90 bits per heavy atom. The number of amides is 2. The van der Waals surface area contributed by atoms with Crippen molar-refractivity contribution in [2.45, 2.75) is 18.5 Å². The molecule has 5 rings (SSSR count). The Hall–Kier alpha value is -3.61. The highest BCUT2D eigenvalue weighted by atomic mass is 19.1. The van der Waals surface area contributed by atoms with Crippen LogP contribution in [0.1, 0.15) is 16.9 Å². The van der Waals surface area contributed by atoms with Gasteiger partial charge in [-0.25, -0.2) is 4.39 Å². The number of para-hydroxylation sites is 2. The van der Waals surface area contributed by atoms with Gasteiger partial charge >= 0.3 is 0 Å². The number of aromatic amines is 1. The Labute approximate surface area is 166 Å². The van der Waals surface area contributed by atoms with Gasteiger partial charge in [-0.1, -0.05) is 24.3 Å². The Morgan fingerprint density at radius 1 is 1.10 bits per heavy atom. The zero-order valence-electron chi connectivity index (χ0n) is 15.5. The van der Waals surface area contributed by atoms with Gasteiger partial charge in [-0.3, -0.25) is 9.59 Å². The highest BCUT2D eigenvalue weighted by molar-refractivity contribution is 6.04. The van der Waals surface area contributed by atoms with Crippen molar-refractivity contribution in [3.8, 4) is 11.1 Å². The van der Waals surface area contributed by atoms with Gasteiger partial charge in [0.2, 0.25) is 5.91 Å². The van der Waals surface area contributed by atoms with Gasteiger partial charge in [0.1, 0.15) is 17.6 Å². The molecule has 2 atom stereocenters. The maximum Gasteiger partial charge on any atom is 0.267 e. The second kappa shape index (κ2) is 6.77. The molecule has 7 heteroatoms. The molecule has 2 aromatic carbocycles. The summed E-state index contributed by atoms with van der Waals surface area (Å²) < 4.78 is 13.1. The van der Waals surface area contributed by atoms with Crippen LogP contribution in [0.15, 0.2) is 60.8 Å². The molecule has 3 aromatic rings. The molecule has 0 spiro atoms. The van der Waals surface area contributed by atoms with Crippen LogP contribution in [-0.2, 0) is 4.79 Å². The Balaban J connectivity index is 1.30. The Morgan fingerprint density at radius 3 is 2.72 bits per heavy atom. The van der Waals surface area contributed by atoms with Crippen LogP contribution in [0.25, 0.3) is 11.1 Å². The summed E-state index contributed by atoms with van der Waals surface area (Å²) in [6, 6.07) is 15.1. The predicted molar refractivity (Wildman–Crippen MR) is 108 cm³/mol. The van der Waals surface area contributed by atoms with Crippen molar-refractivity contribution in [3.63, 3.8) is 0 Å². The van der Waals surface area contributed by atoms with E-state index >= 15 is 0 Å². The minimum atomic E-state index is -0.300. The van der Waals surface area contributed by atoms with Crippen molar-refractivity contribution in [2.24, 2.45) is 0 Å². The lowest BCUT2D eigenvalue weighted by molar-refractivity contribution is -0.117. The largest absolute Gasteiger partial charge is 0.357 e. The molecule has 2 unspecified atom stereocenters. The molecule has 2 aliphatic heterocycles. The first-order valence-electron chi connectivity index (χ1n) is 9.50. The van der Waals surface area contributed by atoms with E-state index in [1.54, 1.807) is 24.4 Å². The summed E-state index contributed by atoms with van der Waals surface area (Å²) in [5, 5.41) is 5.96. The zero-order chi connectivity index (χ0) is 20.0. The fraction of sp³-hybridized carbons (Fsp3) is 0.182. The molecule has 29 heavy (non-hydrogen) atoms. The van der Waals surface area contributed by atoms with Crippen LogP contribution < -0.4 is 15.5 Å². The molecule has 3 N–H and O–H groups in total. The number of rotatable bonds is 3. The number of halogens is 1. The first-order valence-corrected chi connectivity index (χ1v) is 9.50. The average molecular weight is 390 g/mol. The SMILES string of the molecule is O=C(NC1CC2C(=O)Nc3ccccc3N2C1)c1cc(-c2ccc(F)cc2)c[nH]1. The van der Waals surface area contributed by atoms with Crippen LogP contribution in [0.4, 0.5) is 15.8 Å². The summed E-state index contributed by atoms with van der Waals surface area (Å²) in [6.07, 6.45) is 2.28. The lowest BCUT2D eigenvalue weighted by atomic mass is 10.1. The number of H-pyrrole nitrogens is 1. The van der Waals surface area contributed by atoms with Gasteiger partial charge in [-0.2, -0.15) is 0 Å². The van der Waals surface area contributed by atoms with Gasteiger partial charge in [-0.05, 0) is 47.9 Å². The number of nitrogens with zero attached hydrogens (tertiary/aromatic N) is 1. The molecule has 1 saturated heterocycles. The number of aromatic nitrogens is 1. The average Bonchev–Trinajstić information content (AvgIpc) is 3.37. The topological polar surface area (TPSA) is 77.2 Å². The molecule has 0 bridgehead atoms. The van der Waals surface area contributed by atoms with Gasteiger partial charge < -0.3 is 20.5 Å². The van der Waals surface area contributed by atoms with Crippen molar-refractivity contribution < 1.29 is 14.0 Å². The second-order valence-corrected chi connectivity index (χ2v) is 7.39. The van der Waals surface area contributed by atoms with Gasteiger partial charge in [-0.15, -0.1) is 0 Å². The zero-order valence-corrected chi connectivity index (χ0v) is 15.5. The lowest BCUT2D eigenvalue weighted by Gasteiger charge is -2.32. The maximum absolute atomic E-state index is 13.1. The van der Waals surface area contributed by atoms with Crippen LogP contribution in [0.5, 0.6) is 0 Å². The number of anilines is 2. The monoisotopic (exact) mass is 390 g/mol. The van der Waals surface area contributed by atoms with E-state index in [1.807, 2.05) is 24.3 Å². The first-order chi connectivity index (χ1) is 14.1. The number of hydrogen-bond acceptors (Lipinski definition) is 3. The molecular weight excluding hydrogens is 371 g/mol. The Kier molecular flexibility index (Phi) is 4.08. The van der Waals surface area contributed by atoms with Crippen LogP contribution in [0.2, 0.25) is 0 Å². The minimum absolute atomic E-state index is 0.0427. The van der Waals surface area contributed by atoms with E-state index < -0.39 is 0 Å². The third kappa shape index (κ3) is 3.14. The number of benzene rings is 2. The second-order valence-electron chi connectivity index (χ2n) is 7.39. The number of fused-ring (bicyclic) bond motifs is 3. The molecule has 2 amide bonds. The lowest BCUT2D eigenvalue weighted by Crippen LogP contribution is -2.44. The highest BCUT2D eigenvalue weighted by Gasteiger charge is 2.41. The van der Waals surface area contributed by atoms with Crippen molar-refractivity contribution >= 4 is 23.2 Å². The summed E-state index contributed by atoms with van der Waals surface area (Å²) in [5.74, 6) is -0.568. The first kappa shape index (κ1) is 17.5. The maximum atomic E-state index is 13.1. The number of carbonyl (C=O) groups is 2. The van der Waals surface area contributed by atoms with E-state index in [-0.39, 0.29) is 29.7 Å². The third-order valence-electron chi connectivity index (χ3n) is 5.52. The van der Waals surface area contributed by atoms with E-state index in [1.165, 1.54) is 12.1 Å². The van der Waals surface area contributed by atoms with Gasteiger partial charge in [0.25, 0.3) is 5.91 Å². The molecule has 146 valence electrons. The number of carbonyl (C=O) groups excluding carboxylic acids is 2. The van der Waals surface area contributed by atoms with Crippen molar-refractivity contribution in [2.75, 3.05) is 16.8 Å². The van der Waals surface area contributed by atoms with E-state index in [2.05, 4.69) is 20.5 Å². The summed E-state index contributed by atoms with van der Waals surface area (Å²) in [7, 11) is 0. The molecule has 1 aromatic heterocycles. The molecule has 1 fully saturated rings. The molecule has 0 saturated carbocycles. The van der Waals surface area contributed by atoms with Gasteiger partial charge in [0.15, 0.2) is 0 Å². The summed E-state index contributed by atoms with van der Waals surface area (Å²) in [6.45, 7) is 0.576. The highest BCUT2D eigenvalue weighted by Crippen LogP contribution is 2.36. The fourth-order valence-corrected chi connectivity index (χ4v) is 4.10. The Bertz CT molecular complexity index is 1090. The fourth-order valence-electron chi connectivity index (χ4n) is 4.10. The van der Waals surface area contributed by atoms with E-state index in [0.717, 1.165) is 22.5 Å². The summed E-state index contributed by atoms with van der Waals surface area (Å²) in [4.78, 5) is 30.2. The van der Waals surface area contributed by atoms with E-state index in [4.69, 9.17) is 0 Å². The summed E-state index contributed by atoms with van der Waals surface area (Å²) in [5.41, 5.74) is 3.85. The number of nitrogens with one attached hydrogen (secondary N) is 3. The van der Waals surface area contributed by atoms with Crippen molar-refractivity contribution in [1.82, 2.24) is 10.3 Å². The molecule has 3 heterocycles. The normalized spacial score (nSPS) is 20.0.